The van der Waals surface area contributed by atoms with E-state index in [9.17, 15) is 14.7 Å². The van der Waals surface area contributed by atoms with Gasteiger partial charge in [0.05, 0.1) is 31.4 Å². The standard InChI is InChI=1S/C33H44N2O5/c1-22(2)21-40-26-12-13-27(23(3)20-26)30(36)28-29(24-8-10-25(11-9-24)33(4,5)6)35(32(38)31(28)37)15-7-14-34-16-18-39-19-17-34/h8-13,20,22,29,36H,7,14-19,21H2,1-6H3/b30-28+/t29-/m1/s1. The van der Waals surface area contributed by atoms with Gasteiger partial charge in [0.15, 0.2) is 0 Å². The molecule has 40 heavy (non-hydrogen) atoms. The van der Waals surface area contributed by atoms with Gasteiger partial charge in [0.2, 0.25) is 0 Å². The van der Waals surface area contributed by atoms with Gasteiger partial charge < -0.3 is 19.5 Å². The molecule has 2 aromatic rings. The van der Waals surface area contributed by atoms with Crippen LogP contribution in [0.2, 0.25) is 0 Å². The number of morpholine rings is 1. The Kier molecular flexibility index (Phi) is 9.37. The van der Waals surface area contributed by atoms with Crippen molar-refractivity contribution >= 4 is 17.4 Å². The molecule has 0 aromatic heterocycles. The number of ketones is 1. The molecule has 2 heterocycles. The first kappa shape index (κ1) is 29.8. The fourth-order valence-corrected chi connectivity index (χ4v) is 5.31. The molecule has 0 radical (unpaired) electrons. The number of likely N-dealkylation sites (tertiary alicyclic amines) is 1. The third-order valence-electron chi connectivity index (χ3n) is 7.65. The van der Waals surface area contributed by atoms with Crippen molar-refractivity contribution in [3.8, 4) is 5.75 Å². The smallest absolute Gasteiger partial charge is 0.295 e. The third-order valence-corrected chi connectivity index (χ3v) is 7.65. The number of aliphatic hydroxyl groups excluding tert-OH is 1. The quantitative estimate of drug-likeness (QED) is 0.254. The second-order valence-electron chi connectivity index (χ2n) is 12.4. The average molecular weight is 549 g/mol. The van der Waals surface area contributed by atoms with Gasteiger partial charge in [0.25, 0.3) is 11.7 Å². The maximum atomic E-state index is 13.5. The molecule has 7 nitrogen and oxygen atoms in total. The largest absolute Gasteiger partial charge is 0.507 e. The van der Waals surface area contributed by atoms with Gasteiger partial charge in [-0.1, -0.05) is 58.9 Å². The Labute approximate surface area is 238 Å². The van der Waals surface area contributed by atoms with Crippen LogP contribution in [0.5, 0.6) is 5.75 Å². The van der Waals surface area contributed by atoms with Gasteiger partial charge in [-0.2, -0.15) is 0 Å². The van der Waals surface area contributed by atoms with E-state index in [1.54, 1.807) is 17.0 Å². The van der Waals surface area contributed by atoms with E-state index in [1.165, 1.54) is 0 Å². The average Bonchev–Trinajstić information content (AvgIpc) is 3.17. The molecule has 2 fully saturated rings. The summed E-state index contributed by atoms with van der Waals surface area (Å²) in [4.78, 5) is 30.9. The minimum Gasteiger partial charge on any atom is -0.507 e. The zero-order valence-electron chi connectivity index (χ0n) is 24.8. The normalized spacial score (nSPS) is 20.0. The molecule has 1 atom stereocenters. The first-order valence-electron chi connectivity index (χ1n) is 14.4. The van der Waals surface area contributed by atoms with Crippen LogP contribution >= 0.6 is 0 Å². The molecule has 0 spiro atoms. The van der Waals surface area contributed by atoms with Crippen LogP contribution in [0.25, 0.3) is 5.76 Å². The minimum absolute atomic E-state index is 0.0327. The number of carbonyl (C=O) groups is 2. The van der Waals surface area contributed by atoms with Crippen LogP contribution in [-0.2, 0) is 19.7 Å². The van der Waals surface area contributed by atoms with Gasteiger partial charge in [-0.15, -0.1) is 0 Å². The van der Waals surface area contributed by atoms with Gasteiger partial charge in [0.1, 0.15) is 11.5 Å². The van der Waals surface area contributed by atoms with Crippen LogP contribution < -0.4 is 4.74 Å². The summed E-state index contributed by atoms with van der Waals surface area (Å²) in [5, 5.41) is 11.6. The molecule has 1 N–H and O–H groups in total. The Balaban J connectivity index is 1.69. The van der Waals surface area contributed by atoms with Crippen molar-refractivity contribution in [2.24, 2.45) is 5.92 Å². The third kappa shape index (κ3) is 6.76. The Morgan fingerprint density at radius 1 is 1.05 bits per heavy atom. The molecule has 0 unspecified atom stereocenters. The second kappa shape index (κ2) is 12.6. The van der Waals surface area contributed by atoms with Crippen molar-refractivity contribution in [1.29, 1.82) is 0 Å². The summed E-state index contributed by atoms with van der Waals surface area (Å²) < 4.78 is 11.3. The number of ether oxygens (including phenoxy) is 2. The highest BCUT2D eigenvalue weighted by molar-refractivity contribution is 6.46. The van der Waals surface area contributed by atoms with Crippen LogP contribution in [0.15, 0.2) is 48.0 Å². The van der Waals surface area contributed by atoms with E-state index in [-0.39, 0.29) is 16.7 Å². The number of rotatable bonds is 9. The van der Waals surface area contributed by atoms with Crippen LogP contribution in [0.1, 0.15) is 69.3 Å². The molecule has 2 saturated heterocycles. The Hall–Kier alpha value is -3.16. The van der Waals surface area contributed by atoms with Crippen molar-refractivity contribution in [3.05, 3.63) is 70.3 Å². The number of hydrogen-bond donors (Lipinski definition) is 1. The molecule has 0 bridgehead atoms. The van der Waals surface area contributed by atoms with E-state index in [0.29, 0.717) is 43.6 Å². The zero-order valence-corrected chi connectivity index (χ0v) is 24.8. The summed E-state index contributed by atoms with van der Waals surface area (Å²) in [7, 11) is 0. The Morgan fingerprint density at radius 3 is 2.33 bits per heavy atom. The highest BCUT2D eigenvalue weighted by atomic mass is 16.5. The number of aryl methyl sites for hydroxylation is 1. The Bertz CT molecular complexity index is 1240. The van der Waals surface area contributed by atoms with Crippen LogP contribution in [0, 0.1) is 12.8 Å². The molecular weight excluding hydrogens is 504 g/mol. The first-order chi connectivity index (χ1) is 19.0. The van der Waals surface area contributed by atoms with Crippen LogP contribution in [-0.4, -0.2) is 72.6 Å². The fraction of sp³-hybridized carbons (Fsp3) is 0.515. The lowest BCUT2D eigenvalue weighted by Gasteiger charge is -2.29. The molecule has 7 heteroatoms. The second-order valence-corrected chi connectivity index (χ2v) is 12.4. The topological polar surface area (TPSA) is 79.3 Å². The van der Waals surface area contributed by atoms with E-state index in [2.05, 4.69) is 51.7 Å². The Morgan fingerprint density at radius 2 is 1.73 bits per heavy atom. The molecule has 2 aromatic carbocycles. The number of benzene rings is 2. The molecule has 2 aliphatic heterocycles. The molecule has 0 aliphatic carbocycles. The lowest BCUT2D eigenvalue weighted by Crippen LogP contribution is -2.39. The predicted molar refractivity (Wildman–Crippen MR) is 158 cm³/mol. The van der Waals surface area contributed by atoms with Crippen LogP contribution in [0.4, 0.5) is 0 Å². The van der Waals surface area contributed by atoms with E-state index in [4.69, 9.17) is 9.47 Å². The molecule has 0 saturated carbocycles. The highest BCUT2D eigenvalue weighted by Gasteiger charge is 2.46. The van der Waals surface area contributed by atoms with Crippen molar-refractivity contribution in [1.82, 2.24) is 9.80 Å². The van der Waals surface area contributed by atoms with Gasteiger partial charge in [-0.25, -0.2) is 0 Å². The highest BCUT2D eigenvalue weighted by Crippen LogP contribution is 2.41. The number of carbonyl (C=O) groups excluding carboxylic acids is 2. The number of aliphatic hydroxyl groups is 1. The van der Waals surface area contributed by atoms with Gasteiger partial charge in [0, 0.05) is 31.7 Å². The molecule has 1 amide bonds. The number of amides is 1. The molecular formula is C33H44N2O5. The van der Waals surface area contributed by atoms with Crippen molar-refractivity contribution in [3.63, 3.8) is 0 Å². The molecule has 216 valence electrons. The van der Waals surface area contributed by atoms with Crippen molar-refractivity contribution < 1.29 is 24.2 Å². The number of nitrogens with zero attached hydrogens (tertiary/aromatic N) is 2. The van der Waals surface area contributed by atoms with E-state index in [0.717, 1.165) is 42.7 Å². The van der Waals surface area contributed by atoms with Gasteiger partial charge >= 0.3 is 0 Å². The minimum atomic E-state index is -0.657. The zero-order chi connectivity index (χ0) is 29.0. The van der Waals surface area contributed by atoms with E-state index in [1.807, 2.05) is 25.1 Å². The van der Waals surface area contributed by atoms with Gasteiger partial charge in [-0.3, -0.25) is 14.5 Å². The summed E-state index contributed by atoms with van der Waals surface area (Å²) in [6.07, 6.45) is 0.727. The number of Topliss-reactive ketones (excluding diaryl/α,β-unsaturated/α-hetero) is 1. The lowest BCUT2D eigenvalue weighted by molar-refractivity contribution is -0.140. The van der Waals surface area contributed by atoms with Gasteiger partial charge in [-0.05, 0) is 59.6 Å². The lowest BCUT2D eigenvalue weighted by atomic mass is 9.85. The summed E-state index contributed by atoms with van der Waals surface area (Å²) in [6.45, 7) is 17.5. The monoisotopic (exact) mass is 548 g/mol. The van der Waals surface area contributed by atoms with E-state index < -0.39 is 17.7 Å². The summed E-state index contributed by atoms with van der Waals surface area (Å²) in [5.74, 6) is -0.263. The van der Waals surface area contributed by atoms with E-state index >= 15 is 0 Å². The fourth-order valence-electron chi connectivity index (χ4n) is 5.31. The maximum absolute atomic E-state index is 13.5. The molecule has 2 aliphatic rings. The SMILES string of the molecule is Cc1cc(OCC(C)C)ccc1/C(O)=C1\C(=O)C(=O)N(CCCN2CCOCC2)[C@@H]1c1ccc(C(C)(C)C)cc1. The van der Waals surface area contributed by atoms with Crippen molar-refractivity contribution in [2.75, 3.05) is 46.0 Å². The molecule has 4 rings (SSSR count). The summed E-state index contributed by atoms with van der Waals surface area (Å²) in [5.41, 5.74) is 3.38. The van der Waals surface area contributed by atoms with Crippen LogP contribution in [0.3, 0.4) is 0 Å². The predicted octanol–water partition coefficient (Wildman–Crippen LogP) is 5.47. The van der Waals surface area contributed by atoms with Crippen molar-refractivity contribution in [2.45, 2.75) is 59.4 Å². The summed E-state index contributed by atoms with van der Waals surface area (Å²) >= 11 is 0. The summed E-state index contributed by atoms with van der Waals surface area (Å²) in [6, 6.07) is 12.8. The maximum Gasteiger partial charge on any atom is 0.295 e. The first-order valence-corrected chi connectivity index (χ1v) is 14.4. The number of hydrogen-bond acceptors (Lipinski definition) is 6.